The zero-order valence-corrected chi connectivity index (χ0v) is 43.0. The molecule has 5 N–H and O–H groups in total. The van der Waals surface area contributed by atoms with E-state index in [2.05, 4.69) is 31.3 Å². The van der Waals surface area contributed by atoms with Crippen LogP contribution in [0.4, 0.5) is 13.2 Å². The highest BCUT2D eigenvalue weighted by Gasteiger charge is 2.44. The van der Waals surface area contributed by atoms with E-state index in [1.54, 1.807) is 57.5 Å². The second-order valence-corrected chi connectivity index (χ2v) is 20.3. The summed E-state index contributed by atoms with van der Waals surface area (Å²) in [6.07, 6.45) is -1.34. The molecule has 1 aliphatic heterocycles. The first kappa shape index (κ1) is 55.1. The van der Waals surface area contributed by atoms with Gasteiger partial charge in [-0.2, -0.15) is 18.3 Å². The standard InChI is InChI=1S/C53H64F3N9O8S/c1-33-46(74-32-60-33)35-13-11-34(12-14-35)29-59-50(70)43-28-39(66)30-64(43)51(71)47(52(2,3)4)61-45(68)10-8-6-7-9-44(67)57-21-23-72-25-26-73-24-22-58-49(69)36-15-20-42-40(27-36)41-31-63(5)62-48(41)65(42)38-18-16-37(17-19-38)53(54,55)56/h11-20,27,31-32,39,43,47,66H,6-10,21-26,28-30H2,1-5H3,(H,57,67)(H,58,69)(H,59,70)(H,61,68)/t39-,43-,47+/m0/s1. The van der Waals surface area contributed by atoms with Crippen LogP contribution in [0.2, 0.25) is 0 Å². The number of unbranched alkanes of at least 4 members (excludes halogenated alkanes) is 2. The topological polar surface area (TPSA) is 211 Å². The number of hydrogen-bond acceptors (Lipinski definition) is 11. The minimum absolute atomic E-state index is 0.0201. The van der Waals surface area contributed by atoms with Crippen molar-refractivity contribution in [2.75, 3.05) is 46.1 Å². The number of nitrogens with one attached hydrogen (secondary N) is 4. The lowest BCUT2D eigenvalue weighted by molar-refractivity contribution is -0.144. The van der Waals surface area contributed by atoms with Crippen LogP contribution in [-0.2, 0) is 48.4 Å². The van der Waals surface area contributed by atoms with Crippen LogP contribution in [0.1, 0.15) is 86.5 Å². The fourth-order valence-electron chi connectivity index (χ4n) is 8.87. The lowest BCUT2D eigenvalue weighted by Gasteiger charge is -2.35. The molecule has 0 bridgehead atoms. The molecule has 21 heteroatoms. The molecule has 396 valence electrons. The summed E-state index contributed by atoms with van der Waals surface area (Å²) in [6.45, 7) is 9.30. The van der Waals surface area contributed by atoms with Gasteiger partial charge in [-0.15, -0.1) is 11.3 Å². The average Bonchev–Trinajstić information content (AvgIpc) is 4.14. The number of thiazole rings is 1. The number of aromatic nitrogens is 4. The number of β-amino-alcohol motifs (C(OH)–C–C–N with tert-alkyl or cyclic N) is 1. The first-order chi connectivity index (χ1) is 35.3. The van der Waals surface area contributed by atoms with Gasteiger partial charge in [-0.3, -0.25) is 33.2 Å². The molecule has 1 fully saturated rings. The summed E-state index contributed by atoms with van der Waals surface area (Å²) in [5, 5.41) is 28.0. The summed E-state index contributed by atoms with van der Waals surface area (Å²) in [5.41, 5.74) is 5.39. The van der Waals surface area contributed by atoms with E-state index in [0.717, 1.165) is 44.6 Å². The minimum Gasteiger partial charge on any atom is -0.391 e. The summed E-state index contributed by atoms with van der Waals surface area (Å²) in [6, 6.07) is 16.0. The van der Waals surface area contributed by atoms with Gasteiger partial charge in [0.25, 0.3) is 5.91 Å². The number of aryl methyl sites for hydroxylation is 2. The molecule has 1 saturated heterocycles. The van der Waals surface area contributed by atoms with Gasteiger partial charge in [0.05, 0.1) is 59.7 Å². The van der Waals surface area contributed by atoms with E-state index in [-0.39, 0.29) is 89.0 Å². The van der Waals surface area contributed by atoms with Crippen molar-refractivity contribution in [1.29, 1.82) is 0 Å². The lowest BCUT2D eigenvalue weighted by Crippen LogP contribution is -2.57. The molecular weight excluding hydrogens is 980 g/mol. The van der Waals surface area contributed by atoms with Crippen molar-refractivity contribution in [3.63, 3.8) is 0 Å². The van der Waals surface area contributed by atoms with Crippen molar-refractivity contribution in [1.82, 2.24) is 45.5 Å². The molecule has 74 heavy (non-hydrogen) atoms. The van der Waals surface area contributed by atoms with Gasteiger partial charge >= 0.3 is 6.18 Å². The second kappa shape index (κ2) is 24.6. The molecule has 6 aromatic rings. The normalized spacial score (nSPS) is 15.4. The Hall–Kier alpha value is -6.68. The Morgan fingerprint density at radius 1 is 0.838 bits per heavy atom. The minimum atomic E-state index is -4.46. The summed E-state index contributed by atoms with van der Waals surface area (Å²) in [5.74, 6) is -1.59. The molecule has 0 unspecified atom stereocenters. The molecular formula is C53H64F3N9O8S. The number of carbonyl (C=O) groups is 5. The lowest BCUT2D eigenvalue weighted by atomic mass is 9.85. The van der Waals surface area contributed by atoms with Crippen molar-refractivity contribution in [2.24, 2.45) is 12.5 Å². The van der Waals surface area contributed by atoms with Crippen LogP contribution in [-0.4, -0.2) is 123 Å². The van der Waals surface area contributed by atoms with E-state index >= 15 is 0 Å². The van der Waals surface area contributed by atoms with Gasteiger partial charge in [0.1, 0.15) is 12.1 Å². The second-order valence-electron chi connectivity index (χ2n) is 19.5. The molecule has 3 aromatic heterocycles. The number of fused-ring (bicyclic) bond motifs is 3. The number of rotatable bonds is 23. The number of halogens is 3. The molecule has 0 radical (unpaired) electrons. The van der Waals surface area contributed by atoms with Crippen LogP contribution in [0.15, 0.2) is 78.4 Å². The molecule has 5 amide bonds. The van der Waals surface area contributed by atoms with Crippen LogP contribution in [0.25, 0.3) is 38.1 Å². The summed E-state index contributed by atoms with van der Waals surface area (Å²) in [4.78, 5) is 72.8. The number of carbonyl (C=O) groups excluding carboxylic acids is 5. The first-order valence-corrected chi connectivity index (χ1v) is 25.6. The van der Waals surface area contributed by atoms with Gasteiger partial charge < -0.3 is 40.7 Å². The Labute approximate surface area is 431 Å². The van der Waals surface area contributed by atoms with E-state index in [1.807, 2.05) is 52.0 Å². The Bertz CT molecular complexity index is 2910. The van der Waals surface area contributed by atoms with Crippen molar-refractivity contribution >= 4 is 62.8 Å². The highest BCUT2D eigenvalue weighted by Crippen LogP contribution is 2.35. The number of benzene rings is 3. The summed E-state index contributed by atoms with van der Waals surface area (Å²) in [7, 11) is 1.75. The molecule has 0 saturated carbocycles. The Balaban J connectivity index is 0.736. The van der Waals surface area contributed by atoms with Gasteiger partial charge in [0.2, 0.25) is 23.6 Å². The fourth-order valence-corrected chi connectivity index (χ4v) is 9.68. The predicted octanol–water partition coefficient (Wildman–Crippen LogP) is 6.61. The molecule has 3 aromatic carbocycles. The third kappa shape index (κ3) is 14.1. The van der Waals surface area contributed by atoms with Gasteiger partial charge in [-0.05, 0) is 78.8 Å². The number of aliphatic hydroxyl groups excluding tert-OH is 1. The number of ether oxygens (including phenoxy) is 2. The summed E-state index contributed by atoms with van der Waals surface area (Å²) >= 11 is 1.56. The highest BCUT2D eigenvalue weighted by molar-refractivity contribution is 7.13. The van der Waals surface area contributed by atoms with Crippen molar-refractivity contribution in [3.8, 4) is 16.1 Å². The van der Waals surface area contributed by atoms with Crippen LogP contribution < -0.4 is 21.3 Å². The van der Waals surface area contributed by atoms with E-state index in [9.17, 15) is 42.3 Å². The number of hydrogen-bond donors (Lipinski definition) is 5. The van der Waals surface area contributed by atoms with E-state index in [1.165, 1.54) is 17.0 Å². The van der Waals surface area contributed by atoms with Gasteiger partial charge in [-0.25, -0.2) is 4.98 Å². The zero-order chi connectivity index (χ0) is 53.2. The monoisotopic (exact) mass is 1040 g/mol. The van der Waals surface area contributed by atoms with E-state index in [4.69, 9.17) is 9.47 Å². The van der Waals surface area contributed by atoms with Crippen LogP contribution >= 0.6 is 11.3 Å². The maximum absolute atomic E-state index is 14.0. The Morgan fingerprint density at radius 3 is 2.16 bits per heavy atom. The SMILES string of the molecule is Cc1ncsc1-c1ccc(CNC(=O)[C@@H]2C[C@H](O)CN2C(=O)[C@@H](NC(=O)CCCCCC(=O)NCCOCCOCCNC(=O)c2ccc3c(c2)c2cn(C)nc2n3-c2ccc(C(F)(F)F)cc2)C(C)(C)C)cc1. The van der Waals surface area contributed by atoms with Crippen LogP contribution in [0.5, 0.6) is 0 Å². The first-order valence-electron chi connectivity index (χ1n) is 24.7. The molecule has 4 heterocycles. The van der Waals surface area contributed by atoms with Crippen LogP contribution in [0.3, 0.4) is 0 Å². The number of nitrogens with zero attached hydrogens (tertiary/aromatic N) is 5. The molecule has 7 rings (SSSR count). The largest absolute Gasteiger partial charge is 0.416 e. The van der Waals surface area contributed by atoms with Crippen LogP contribution in [0, 0.1) is 12.3 Å². The van der Waals surface area contributed by atoms with E-state index in [0.29, 0.717) is 48.2 Å². The third-order valence-corrected chi connectivity index (χ3v) is 13.7. The predicted molar refractivity (Wildman–Crippen MR) is 274 cm³/mol. The molecule has 1 aliphatic rings. The smallest absolute Gasteiger partial charge is 0.391 e. The zero-order valence-electron chi connectivity index (χ0n) is 42.2. The van der Waals surface area contributed by atoms with Crippen molar-refractivity contribution in [2.45, 2.75) is 97.1 Å². The van der Waals surface area contributed by atoms with Crippen molar-refractivity contribution in [3.05, 3.63) is 101 Å². The fraction of sp³-hybridized carbons (Fsp3) is 0.453. The quantitative estimate of drug-likeness (QED) is 0.0434. The van der Waals surface area contributed by atoms with Gasteiger partial charge in [-0.1, -0.05) is 51.5 Å². The highest BCUT2D eigenvalue weighted by atomic mass is 32.1. The molecule has 3 atom stereocenters. The maximum Gasteiger partial charge on any atom is 0.416 e. The van der Waals surface area contributed by atoms with Crippen molar-refractivity contribution < 1.29 is 51.7 Å². The van der Waals surface area contributed by atoms with Gasteiger partial charge in [0, 0.05) is 80.7 Å². The van der Waals surface area contributed by atoms with Gasteiger partial charge in [0.15, 0.2) is 5.65 Å². The van der Waals surface area contributed by atoms with E-state index < -0.39 is 41.2 Å². The number of aliphatic hydroxyl groups is 1. The summed E-state index contributed by atoms with van der Waals surface area (Å²) < 4.78 is 54.2. The third-order valence-electron chi connectivity index (χ3n) is 12.8. The number of amides is 5. The molecule has 0 spiro atoms. The Kier molecular flexibility index (Phi) is 18.3. The average molecular weight is 1040 g/mol. The number of likely N-dealkylation sites (tertiary alicyclic amines) is 1. The molecule has 0 aliphatic carbocycles. The maximum atomic E-state index is 14.0. The number of alkyl halides is 3. The molecule has 17 nitrogen and oxygen atoms in total. The Morgan fingerprint density at radius 2 is 1.51 bits per heavy atom.